The first-order valence-electron chi connectivity index (χ1n) is 6.24. The van der Waals surface area contributed by atoms with Gasteiger partial charge < -0.3 is 4.55 Å². The molecule has 5 heteroatoms. The molecule has 0 radical (unpaired) electrons. The third-order valence-electron chi connectivity index (χ3n) is 3.08. The SMILES string of the molecule is CC(=O)C1=CCN([S+]([O-])C(C)(C)C)[C@H]1c1ccsc1. The summed E-state index contributed by atoms with van der Waals surface area (Å²) in [7, 11) is 0. The minimum atomic E-state index is -1.13. The monoisotopic (exact) mass is 297 g/mol. The van der Waals surface area contributed by atoms with E-state index < -0.39 is 11.4 Å². The van der Waals surface area contributed by atoms with Crippen LogP contribution in [0.4, 0.5) is 0 Å². The Morgan fingerprint density at radius 1 is 1.53 bits per heavy atom. The molecule has 1 aliphatic heterocycles. The zero-order valence-electron chi connectivity index (χ0n) is 11.7. The average molecular weight is 297 g/mol. The molecule has 0 fully saturated rings. The van der Waals surface area contributed by atoms with Gasteiger partial charge in [0.1, 0.15) is 10.8 Å². The molecule has 0 spiro atoms. The number of thiophene rings is 1. The van der Waals surface area contributed by atoms with Crippen LogP contribution in [0.15, 0.2) is 28.5 Å². The van der Waals surface area contributed by atoms with E-state index in [0.29, 0.717) is 6.54 Å². The molecule has 3 nitrogen and oxygen atoms in total. The van der Waals surface area contributed by atoms with E-state index >= 15 is 0 Å². The van der Waals surface area contributed by atoms with Crippen LogP contribution in [0.3, 0.4) is 0 Å². The molecule has 0 N–H and O–H groups in total. The van der Waals surface area contributed by atoms with Gasteiger partial charge in [0.2, 0.25) is 0 Å². The summed E-state index contributed by atoms with van der Waals surface area (Å²) in [4.78, 5) is 11.8. The Bertz CT molecular complexity index is 488. The van der Waals surface area contributed by atoms with Gasteiger partial charge >= 0.3 is 0 Å². The first kappa shape index (κ1) is 14.8. The van der Waals surface area contributed by atoms with Crippen molar-refractivity contribution >= 4 is 28.5 Å². The summed E-state index contributed by atoms with van der Waals surface area (Å²) in [5.41, 5.74) is 1.82. The highest BCUT2D eigenvalue weighted by Gasteiger charge is 2.43. The van der Waals surface area contributed by atoms with Gasteiger partial charge in [0.15, 0.2) is 5.78 Å². The molecule has 1 aromatic heterocycles. The van der Waals surface area contributed by atoms with Crippen LogP contribution in [-0.2, 0) is 16.2 Å². The molecule has 104 valence electrons. The lowest BCUT2D eigenvalue weighted by molar-refractivity contribution is -0.113. The molecule has 1 aromatic rings. The maximum absolute atomic E-state index is 12.6. The lowest BCUT2D eigenvalue weighted by atomic mass is 10.0. The number of nitrogens with zero attached hydrogens (tertiary/aromatic N) is 1. The normalized spacial score (nSPS) is 22.4. The number of rotatable bonds is 3. The van der Waals surface area contributed by atoms with Crippen LogP contribution < -0.4 is 0 Å². The Morgan fingerprint density at radius 2 is 2.21 bits per heavy atom. The van der Waals surface area contributed by atoms with Gasteiger partial charge in [-0.2, -0.15) is 11.3 Å². The molecule has 0 saturated heterocycles. The molecule has 2 atom stereocenters. The summed E-state index contributed by atoms with van der Waals surface area (Å²) in [5.74, 6) is 0.0598. The number of hydrogen-bond donors (Lipinski definition) is 0. The Morgan fingerprint density at radius 3 is 2.68 bits per heavy atom. The number of hydrogen-bond acceptors (Lipinski definition) is 4. The second-order valence-corrected chi connectivity index (χ2v) is 8.61. The Kier molecular flexibility index (Phi) is 4.20. The highest BCUT2D eigenvalue weighted by atomic mass is 32.2. The molecule has 1 unspecified atom stereocenters. The van der Waals surface area contributed by atoms with Crippen molar-refractivity contribution in [3.8, 4) is 0 Å². The Labute approximate surface area is 121 Å². The van der Waals surface area contributed by atoms with E-state index in [4.69, 9.17) is 0 Å². The average Bonchev–Trinajstić information content (AvgIpc) is 2.94. The molecule has 19 heavy (non-hydrogen) atoms. The van der Waals surface area contributed by atoms with Crippen LogP contribution in [0.2, 0.25) is 0 Å². The maximum atomic E-state index is 12.6. The number of carbonyl (C=O) groups is 1. The quantitative estimate of drug-likeness (QED) is 0.805. The van der Waals surface area contributed by atoms with E-state index in [9.17, 15) is 9.35 Å². The minimum Gasteiger partial charge on any atom is -0.597 e. The molecule has 0 amide bonds. The van der Waals surface area contributed by atoms with Crippen LogP contribution in [0.1, 0.15) is 39.3 Å². The summed E-state index contributed by atoms with van der Waals surface area (Å²) in [6.45, 7) is 8.02. The van der Waals surface area contributed by atoms with Crippen molar-refractivity contribution in [2.75, 3.05) is 6.54 Å². The third-order valence-corrected chi connectivity index (χ3v) is 5.61. The van der Waals surface area contributed by atoms with Gasteiger partial charge in [0.05, 0.1) is 6.54 Å². The fourth-order valence-electron chi connectivity index (χ4n) is 2.19. The molecule has 0 saturated carbocycles. The highest BCUT2D eigenvalue weighted by Crippen LogP contribution is 2.39. The predicted molar refractivity (Wildman–Crippen MR) is 80.4 cm³/mol. The van der Waals surface area contributed by atoms with E-state index in [1.165, 1.54) is 0 Å². The lowest BCUT2D eigenvalue weighted by Crippen LogP contribution is -2.43. The minimum absolute atomic E-state index is 0.0598. The summed E-state index contributed by atoms with van der Waals surface area (Å²) >= 11 is 0.466. The summed E-state index contributed by atoms with van der Waals surface area (Å²) in [5, 5.41) is 4.02. The van der Waals surface area contributed by atoms with Crippen LogP contribution in [0.25, 0.3) is 0 Å². The zero-order valence-corrected chi connectivity index (χ0v) is 13.3. The Hall–Kier alpha value is -0.620. The van der Waals surface area contributed by atoms with Crippen molar-refractivity contribution in [1.29, 1.82) is 0 Å². The van der Waals surface area contributed by atoms with E-state index in [-0.39, 0.29) is 16.6 Å². The van der Waals surface area contributed by atoms with E-state index in [2.05, 4.69) is 0 Å². The standard InChI is InChI=1S/C14H19NO2S2/c1-10(16)12-5-7-15(19(17)14(2,3)4)13(12)11-6-8-18-9-11/h5-6,8-9,13H,7H2,1-4H3/t13-,19?/m0/s1. The van der Waals surface area contributed by atoms with Crippen LogP contribution >= 0.6 is 11.3 Å². The third kappa shape index (κ3) is 2.94. The van der Waals surface area contributed by atoms with E-state index in [1.54, 1.807) is 18.3 Å². The molecule has 2 rings (SSSR count). The highest BCUT2D eigenvalue weighted by molar-refractivity contribution is 7.90. The van der Waals surface area contributed by atoms with Crippen molar-refractivity contribution in [2.24, 2.45) is 0 Å². The van der Waals surface area contributed by atoms with Crippen molar-refractivity contribution in [2.45, 2.75) is 38.5 Å². The van der Waals surface area contributed by atoms with Crippen molar-refractivity contribution in [3.63, 3.8) is 0 Å². The molecule has 2 heterocycles. The molecule has 0 aromatic carbocycles. The topological polar surface area (TPSA) is 43.4 Å². The second-order valence-electron chi connectivity index (χ2n) is 5.64. The molecule has 0 bridgehead atoms. The zero-order chi connectivity index (χ0) is 14.2. The first-order valence-corrected chi connectivity index (χ1v) is 8.29. The van der Waals surface area contributed by atoms with Gasteiger partial charge in [0, 0.05) is 16.9 Å². The second kappa shape index (κ2) is 5.40. The van der Waals surface area contributed by atoms with Gasteiger partial charge in [-0.15, -0.1) is 4.31 Å². The summed E-state index contributed by atoms with van der Waals surface area (Å²) in [6.07, 6.45) is 1.91. The molecular formula is C14H19NO2S2. The van der Waals surface area contributed by atoms with Gasteiger partial charge in [-0.25, -0.2) is 0 Å². The Balaban J connectivity index is 2.34. The maximum Gasteiger partial charge on any atom is 0.157 e. The van der Waals surface area contributed by atoms with Crippen molar-refractivity contribution in [3.05, 3.63) is 34.0 Å². The van der Waals surface area contributed by atoms with E-state index in [1.807, 2.05) is 48.0 Å². The van der Waals surface area contributed by atoms with Crippen LogP contribution in [0, 0.1) is 0 Å². The van der Waals surface area contributed by atoms with Crippen molar-refractivity contribution < 1.29 is 9.35 Å². The van der Waals surface area contributed by atoms with Crippen molar-refractivity contribution in [1.82, 2.24) is 4.31 Å². The number of ketones is 1. The predicted octanol–water partition coefficient (Wildman–Crippen LogP) is 3.08. The smallest absolute Gasteiger partial charge is 0.157 e. The van der Waals surface area contributed by atoms with Gasteiger partial charge in [-0.1, -0.05) is 6.08 Å². The van der Waals surface area contributed by atoms with Gasteiger partial charge in [-0.3, -0.25) is 4.79 Å². The lowest BCUT2D eigenvalue weighted by Gasteiger charge is -2.34. The van der Waals surface area contributed by atoms with E-state index in [0.717, 1.165) is 11.1 Å². The fraction of sp³-hybridized carbons (Fsp3) is 0.500. The largest absolute Gasteiger partial charge is 0.597 e. The summed E-state index contributed by atoms with van der Waals surface area (Å²) < 4.78 is 14.2. The number of Topliss-reactive ketones (excluding diaryl/α,β-unsaturated/α-hetero) is 1. The van der Waals surface area contributed by atoms with Gasteiger partial charge in [0.25, 0.3) is 0 Å². The molecular weight excluding hydrogens is 278 g/mol. The molecule has 1 aliphatic rings. The fourth-order valence-corrected chi connectivity index (χ4v) is 4.21. The van der Waals surface area contributed by atoms with Gasteiger partial charge in [-0.05, 0) is 50.1 Å². The number of carbonyl (C=O) groups excluding carboxylic acids is 1. The first-order chi connectivity index (χ1) is 8.82. The summed E-state index contributed by atoms with van der Waals surface area (Å²) in [6, 6.07) is 1.84. The molecule has 0 aliphatic carbocycles. The van der Waals surface area contributed by atoms with Crippen LogP contribution in [-0.4, -0.2) is 25.9 Å². The van der Waals surface area contributed by atoms with Crippen LogP contribution in [0.5, 0.6) is 0 Å².